The molecule has 0 aliphatic heterocycles. The highest BCUT2D eigenvalue weighted by Gasteiger charge is 2.26. The van der Waals surface area contributed by atoms with Gasteiger partial charge in [0.1, 0.15) is 0 Å². The molecule has 0 aliphatic carbocycles. The van der Waals surface area contributed by atoms with Crippen LogP contribution >= 0.6 is 0 Å². The molecule has 0 saturated heterocycles. The van der Waals surface area contributed by atoms with Crippen molar-refractivity contribution >= 4 is 0 Å². The summed E-state index contributed by atoms with van der Waals surface area (Å²) in [5.41, 5.74) is -2.00. The lowest BCUT2D eigenvalue weighted by Gasteiger charge is -2.24. The summed E-state index contributed by atoms with van der Waals surface area (Å²) in [6.45, 7) is 4.06. The largest absolute Gasteiger partial charge is 0.396 e. The molecule has 0 spiro atoms. The van der Waals surface area contributed by atoms with Gasteiger partial charge in [-0.25, -0.2) is 0 Å². The Bertz CT molecular complexity index is 201. The van der Waals surface area contributed by atoms with E-state index in [1.54, 1.807) is 0 Å². The Labute approximate surface area is 162 Å². The van der Waals surface area contributed by atoms with Gasteiger partial charge in [-0.05, 0) is 19.3 Å². The first-order valence-corrected chi connectivity index (χ1v) is 9.21. The molecule has 0 rings (SSSR count). The van der Waals surface area contributed by atoms with E-state index in [9.17, 15) is 0 Å². The fourth-order valence-electron chi connectivity index (χ4n) is 1.46. The van der Waals surface area contributed by atoms with Gasteiger partial charge in [-0.15, -0.1) is 0 Å². The summed E-state index contributed by atoms with van der Waals surface area (Å²) in [6, 6.07) is 0. The molecule has 9 heteroatoms. The van der Waals surface area contributed by atoms with Crippen LogP contribution in [0.4, 0.5) is 0 Å². The van der Waals surface area contributed by atoms with Crippen molar-refractivity contribution in [2.45, 2.75) is 40.0 Å². The summed E-state index contributed by atoms with van der Waals surface area (Å²) in [5.74, 6) is 0. The normalized spacial score (nSPS) is 12.0. The van der Waals surface area contributed by atoms with Crippen molar-refractivity contribution < 1.29 is 46.0 Å². The first-order chi connectivity index (χ1) is 12.7. The highest BCUT2D eigenvalue weighted by Crippen LogP contribution is 2.19. The second-order valence-electron chi connectivity index (χ2n) is 6.98. The van der Waals surface area contributed by atoms with Gasteiger partial charge in [0.25, 0.3) is 0 Å². The van der Waals surface area contributed by atoms with Gasteiger partial charge in [-0.1, -0.05) is 20.8 Å². The topological polar surface area (TPSA) is 182 Å². The molecule has 9 N–H and O–H groups in total. The van der Waals surface area contributed by atoms with Crippen LogP contribution in [0.1, 0.15) is 40.0 Å². The number of aliphatic hydroxyl groups is 9. The minimum absolute atomic E-state index is 0.156. The van der Waals surface area contributed by atoms with Crippen LogP contribution in [0.3, 0.4) is 0 Å². The van der Waals surface area contributed by atoms with E-state index in [0.29, 0.717) is 19.3 Å². The molecule has 9 nitrogen and oxygen atoms in total. The van der Waals surface area contributed by atoms with E-state index < -0.39 is 16.2 Å². The quantitative estimate of drug-likeness (QED) is 0.180. The molecule has 0 aliphatic rings. The molecule has 0 aromatic carbocycles. The number of hydrogen-bond donors (Lipinski definition) is 9. The number of rotatable bonds is 12. The molecule has 0 atom stereocenters. The highest BCUT2D eigenvalue weighted by molar-refractivity contribution is 4.75. The Morgan fingerprint density at radius 1 is 0.333 bits per heavy atom. The van der Waals surface area contributed by atoms with Gasteiger partial charge in [0, 0.05) is 16.2 Å². The molecule has 0 fully saturated rings. The van der Waals surface area contributed by atoms with Crippen molar-refractivity contribution in [3.63, 3.8) is 0 Å². The van der Waals surface area contributed by atoms with Gasteiger partial charge in [-0.3, -0.25) is 0 Å². The minimum Gasteiger partial charge on any atom is -0.396 e. The van der Waals surface area contributed by atoms with Crippen molar-refractivity contribution in [1.82, 2.24) is 0 Å². The van der Waals surface area contributed by atoms with Crippen molar-refractivity contribution in [1.29, 1.82) is 0 Å². The van der Waals surface area contributed by atoms with Crippen LogP contribution in [0.5, 0.6) is 0 Å². The molecule has 168 valence electrons. The van der Waals surface area contributed by atoms with Crippen LogP contribution in [-0.2, 0) is 0 Å². The molecule has 0 bridgehead atoms. The van der Waals surface area contributed by atoms with Crippen molar-refractivity contribution in [3.05, 3.63) is 0 Å². The van der Waals surface area contributed by atoms with Crippen molar-refractivity contribution in [3.8, 4) is 0 Å². The molecular weight excluding hydrogens is 360 g/mol. The molecule has 0 unspecified atom stereocenters. The zero-order valence-electron chi connectivity index (χ0n) is 17.0. The molecule has 0 saturated carbocycles. The lowest BCUT2D eigenvalue weighted by atomic mass is 9.88. The molecule has 0 aromatic heterocycles. The SMILES string of the molecule is CCC(CO)(CO)CO.CCC(CO)(CO)CO.CCC(CO)(CO)CO. The van der Waals surface area contributed by atoms with E-state index in [2.05, 4.69) is 0 Å². The predicted octanol–water partition coefficient (Wildman–Crippen LogP) is -1.92. The van der Waals surface area contributed by atoms with Crippen LogP contribution in [0.25, 0.3) is 0 Å². The number of aliphatic hydroxyl groups excluding tert-OH is 9. The third kappa shape index (κ3) is 11.3. The Morgan fingerprint density at radius 2 is 0.444 bits per heavy atom. The van der Waals surface area contributed by atoms with Gasteiger partial charge in [0.2, 0.25) is 0 Å². The van der Waals surface area contributed by atoms with Gasteiger partial charge < -0.3 is 46.0 Å². The second kappa shape index (κ2) is 17.7. The summed E-state index contributed by atoms with van der Waals surface area (Å²) in [7, 11) is 0. The van der Waals surface area contributed by atoms with Crippen LogP contribution < -0.4 is 0 Å². The van der Waals surface area contributed by atoms with Crippen LogP contribution in [0.2, 0.25) is 0 Å². The second-order valence-corrected chi connectivity index (χ2v) is 6.98. The fraction of sp³-hybridized carbons (Fsp3) is 1.00. The van der Waals surface area contributed by atoms with Crippen LogP contribution in [-0.4, -0.2) is 105 Å². The van der Waals surface area contributed by atoms with Crippen LogP contribution in [0, 0.1) is 16.2 Å². The lowest BCUT2D eigenvalue weighted by molar-refractivity contribution is 0.00275. The zero-order valence-corrected chi connectivity index (χ0v) is 17.0. The maximum Gasteiger partial charge on any atom is 0.0531 e. The fourth-order valence-corrected chi connectivity index (χ4v) is 1.46. The monoisotopic (exact) mass is 402 g/mol. The van der Waals surface area contributed by atoms with E-state index in [0.717, 1.165) is 0 Å². The smallest absolute Gasteiger partial charge is 0.0531 e. The summed E-state index contributed by atoms with van der Waals surface area (Å²) in [5, 5.41) is 77.9. The average Bonchev–Trinajstić information content (AvgIpc) is 2.75. The van der Waals surface area contributed by atoms with E-state index >= 15 is 0 Å². The Balaban J connectivity index is -0.000000320. The maximum atomic E-state index is 8.66. The average molecular weight is 403 g/mol. The Kier molecular flexibility index (Phi) is 20.6. The van der Waals surface area contributed by atoms with Crippen molar-refractivity contribution in [2.24, 2.45) is 16.2 Å². The van der Waals surface area contributed by atoms with Crippen LogP contribution in [0.15, 0.2) is 0 Å². The molecule has 27 heavy (non-hydrogen) atoms. The van der Waals surface area contributed by atoms with E-state index in [1.807, 2.05) is 20.8 Å². The van der Waals surface area contributed by atoms with E-state index in [1.165, 1.54) is 0 Å². The third-order valence-electron chi connectivity index (χ3n) is 5.27. The zero-order chi connectivity index (χ0) is 22.0. The molecule has 0 radical (unpaired) electrons. The van der Waals surface area contributed by atoms with E-state index in [-0.39, 0.29) is 59.5 Å². The Morgan fingerprint density at radius 3 is 0.444 bits per heavy atom. The van der Waals surface area contributed by atoms with Crippen molar-refractivity contribution in [2.75, 3.05) is 59.5 Å². The summed E-state index contributed by atoms with van der Waals surface area (Å²) in [6.07, 6.45) is 1.78. The van der Waals surface area contributed by atoms with Gasteiger partial charge in [-0.2, -0.15) is 0 Å². The first kappa shape index (κ1) is 31.3. The lowest BCUT2D eigenvalue weighted by Crippen LogP contribution is -2.32. The standard InChI is InChI=1S/3C6H14O3/c3*1-2-6(3-7,4-8)5-9/h3*7-9H,2-5H2,1H3. The third-order valence-corrected chi connectivity index (χ3v) is 5.27. The molecular formula is C18H42O9. The molecule has 0 aromatic rings. The summed E-state index contributed by atoms with van der Waals surface area (Å²) >= 11 is 0. The van der Waals surface area contributed by atoms with Gasteiger partial charge in [0.15, 0.2) is 0 Å². The molecule has 0 heterocycles. The maximum absolute atomic E-state index is 8.66. The summed E-state index contributed by atoms with van der Waals surface area (Å²) in [4.78, 5) is 0. The first-order valence-electron chi connectivity index (χ1n) is 9.21. The van der Waals surface area contributed by atoms with Gasteiger partial charge >= 0.3 is 0 Å². The van der Waals surface area contributed by atoms with Gasteiger partial charge in [0.05, 0.1) is 59.5 Å². The highest BCUT2D eigenvalue weighted by atomic mass is 16.3. The Hall–Kier alpha value is -0.360. The predicted molar refractivity (Wildman–Crippen MR) is 102 cm³/mol. The summed E-state index contributed by atoms with van der Waals surface area (Å²) < 4.78 is 0. The minimum atomic E-state index is -0.667. The van der Waals surface area contributed by atoms with E-state index in [4.69, 9.17) is 46.0 Å². The molecule has 0 amide bonds. The number of hydrogen-bond acceptors (Lipinski definition) is 9.